The lowest BCUT2D eigenvalue weighted by Gasteiger charge is -2.00. The molecule has 0 bridgehead atoms. The number of carboxylic acids is 1. The van der Waals surface area contributed by atoms with Gasteiger partial charge in [-0.05, 0) is 12.1 Å². The minimum Gasteiger partial charge on any atom is -0.477 e. The van der Waals surface area contributed by atoms with Gasteiger partial charge in [-0.3, -0.25) is 0 Å². The fourth-order valence-corrected chi connectivity index (χ4v) is 0.991. The van der Waals surface area contributed by atoms with Crippen LogP contribution in [0.15, 0.2) is 12.1 Å². The van der Waals surface area contributed by atoms with E-state index in [0.29, 0.717) is 0 Å². The molecule has 0 unspecified atom stereocenters. The van der Waals surface area contributed by atoms with E-state index >= 15 is 0 Å². The first-order valence-corrected chi connectivity index (χ1v) is 3.98. The van der Waals surface area contributed by atoms with Crippen molar-refractivity contribution in [2.24, 2.45) is 5.73 Å². The number of hydrogen-bond donors (Lipinski definition) is 2. The number of carbonyl (C=O) groups is 1. The lowest BCUT2D eigenvalue weighted by molar-refractivity contribution is 0.0686. The average molecular weight is 211 g/mol. The summed E-state index contributed by atoms with van der Waals surface area (Å²) in [6.45, 7) is 0.0131. The zero-order valence-corrected chi connectivity index (χ0v) is 7.55. The molecule has 1 aromatic carbocycles. The van der Waals surface area contributed by atoms with Crippen LogP contribution in [0.1, 0.15) is 15.9 Å². The van der Waals surface area contributed by atoms with Gasteiger partial charge < -0.3 is 10.8 Å². The summed E-state index contributed by atoms with van der Waals surface area (Å²) in [6, 6.07) is 1.92. The zero-order chi connectivity index (χ0) is 11.4. The Balaban J connectivity index is 3.35. The number of aromatic carboxylic acids is 1. The Morgan fingerprint density at radius 2 is 2.13 bits per heavy atom. The number of carboxylic acid groups (broad SMARTS) is 1. The summed E-state index contributed by atoms with van der Waals surface area (Å²) in [6.07, 6.45) is 0. The third-order valence-corrected chi connectivity index (χ3v) is 1.63. The van der Waals surface area contributed by atoms with Gasteiger partial charge in [-0.2, -0.15) is 0 Å². The first kappa shape index (κ1) is 11.1. The molecule has 15 heavy (non-hydrogen) atoms. The van der Waals surface area contributed by atoms with Crippen molar-refractivity contribution in [3.63, 3.8) is 0 Å². The van der Waals surface area contributed by atoms with Gasteiger partial charge in [0.1, 0.15) is 11.4 Å². The molecule has 0 aliphatic rings. The Morgan fingerprint density at radius 3 is 2.67 bits per heavy atom. The van der Waals surface area contributed by atoms with Crippen molar-refractivity contribution in [1.82, 2.24) is 0 Å². The maximum absolute atomic E-state index is 13.3. The van der Waals surface area contributed by atoms with E-state index in [0.717, 1.165) is 12.1 Å². The highest BCUT2D eigenvalue weighted by Gasteiger charge is 2.18. The van der Waals surface area contributed by atoms with Gasteiger partial charge in [-0.15, -0.1) is 0 Å². The maximum atomic E-state index is 13.3. The predicted molar refractivity (Wildman–Crippen MR) is 49.2 cm³/mol. The molecular weight excluding hydrogens is 204 g/mol. The van der Waals surface area contributed by atoms with Crippen LogP contribution in [0.3, 0.4) is 0 Å². The molecule has 0 saturated heterocycles. The predicted octanol–water partition coefficient (Wildman–Crippen LogP) is 0.973. The largest absolute Gasteiger partial charge is 0.477 e. The van der Waals surface area contributed by atoms with Gasteiger partial charge >= 0.3 is 5.97 Å². The van der Waals surface area contributed by atoms with Crippen LogP contribution in [0.2, 0.25) is 0 Å². The molecule has 0 aliphatic carbocycles. The normalized spacial score (nSPS) is 9.27. The van der Waals surface area contributed by atoms with E-state index < -0.39 is 23.2 Å². The van der Waals surface area contributed by atoms with E-state index in [9.17, 15) is 13.6 Å². The van der Waals surface area contributed by atoms with Crippen molar-refractivity contribution in [1.29, 1.82) is 0 Å². The van der Waals surface area contributed by atoms with Crippen LogP contribution in [0.4, 0.5) is 8.78 Å². The van der Waals surface area contributed by atoms with Gasteiger partial charge in [0.05, 0.1) is 12.1 Å². The van der Waals surface area contributed by atoms with Crippen molar-refractivity contribution in [2.75, 3.05) is 6.54 Å². The quantitative estimate of drug-likeness (QED) is 0.680. The molecule has 3 N–H and O–H groups in total. The molecule has 0 spiro atoms. The van der Waals surface area contributed by atoms with Crippen molar-refractivity contribution >= 4 is 5.97 Å². The van der Waals surface area contributed by atoms with Crippen LogP contribution in [0.25, 0.3) is 0 Å². The molecule has 5 heteroatoms. The van der Waals surface area contributed by atoms with E-state index in [1.165, 1.54) is 0 Å². The van der Waals surface area contributed by atoms with Crippen molar-refractivity contribution in [2.45, 2.75) is 0 Å². The molecule has 0 heterocycles. The molecular formula is C10H7F2NO2. The number of hydrogen-bond acceptors (Lipinski definition) is 2. The van der Waals surface area contributed by atoms with E-state index in [1.54, 1.807) is 0 Å². The fourth-order valence-electron chi connectivity index (χ4n) is 0.991. The molecule has 0 aromatic heterocycles. The lowest BCUT2D eigenvalue weighted by Crippen LogP contribution is -2.06. The van der Waals surface area contributed by atoms with Crippen LogP contribution in [-0.2, 0) is 0 Å². The molecule has 78 valence electrons. The molecule has 0 fully saturated rings. The first-order chi connectivity index (χ1) is 7.07. The molecule has 0 radical (unpaired) electrons. The minimum atomic E-state index is -1.67. The second-order valence-corrected chi connectivity index (χ2v) is 2.59. The highest BCUT2D eigenvalue weighted by Crippen LogP contribution is 2.16. The van der Waals surface area contributed by atoms with Crippen LogP contribution < -0.4 is 5.73 Å². The third-order valence-electron chi connectivity index (χ3n) is 1.63. The third kappa shape index (κ3) is 2.30. The summed E-state index contributed by atoms with van der Waals surface area (Å²) in [4.78, 5) is 10.5. The SMILES string of the molecule is NCC#Cc1ccc(F)c(C(=O)O)c1F. The standard InChI is InChI=1S/C10H7F2NO2/c11-7-4-3-6(2-1-5-13)9(12)8(7)10(14)15/h3-4H,5,13H2,(H,14,15). The number of halogens is 2. The molecule has 0 atom stereocenters. The highest BCUT2D eigenvalue weighted by molar-refractivity contribution is 5.88. The van der Waals surface area contributed by atoms with Crippen LogP contribution in [-0.4, -0.2) is 17.6 Å². The molecule has 3 nitrogen and oxygen atoms in total. The van der Waals surface area contributed by atoms with Crippen molar-refractivity contribution in [3.05, 3.63) is 34.9 Å². The Morgan fingerprint density at radius 1 is 1.47 bits per heavy atom. The van der Waals surface area contributed by atoms with E-state index in [-0.39, 0.29) is 12.1 Å². The van der Waals surface area contributed by atoms with Crippen LogP contribution in [0.5, 0.6) is 0 Å². The van der Waals surface area contributed by atoms with Crippen LogP contribution >= 0.6 is 0 Å². The van der Waals surface area contributed by atoms with Gasteiger partial charge in [0.2, 0.25) is 0 Å². The highest BCUT2D eigenvalue weighted by atomic mass is 19.1. The van der Waals surface area contributed by atoms with E-state index in [1.807, 2.05) is 0 Å². The Bertz CT molecular complexity index is 460. The summed E-state index contributed by atoms with van der Waals surface area (Å²) in [5.41, 5.74) is 3.89. The van der Waals surface area contributed by atoms with Gasteiger partial charge in [-0.1, -0.05) is 11.8 Å². The minimum absolute atomic E-state index is 0.0131. The van der Waals surface area contributed by atoms with Crippen molar-refractivity contribution < 1.29 is 18.7 Å². The second-order valence-electron chi connectivity index (χ2n) is 2.59. The topological polar surface area (TPSA) is 63.3 Å². The van der Waals surface area contributed by atoms with Gasteiger partial charge in [0.15, 0.2) is 5.82 Å². The average Bonchev–Trinajstić information content (AvgIpc) is 2.16. The fraction of sp³-hybridized carbons (Fsp3) is 0.100. The smallest absolute Gasteiger partial charge is 0.341 e. The summed E-state index contributed by atoms with van der Waals surface area (Å²) in [7, 11) is 0. The lowest BCUT2D eigenvalue weighted by atomic mass is 10.1. The number of benzene rings is 1. The molecule has 0 saturated carbocycles. The van der Waals surface area contributed by atoms with Gasteiger partial charge in [-0.25, -0.2) is 13.6 Å². The summed E-state index contributed by atoms with van der Waals surface area (Å²) < 4.78 is 26.3. The number of rotatable bonds is 1. The Kier molecular flexibility index (Phi) is 3.37. The zero-order valence-electron chi connectivity index (χ0n) is 7.55. The van der Waals surface area contributed by atoms with Crippen LogP contribution in [0, 0.1) is 23.5 Å². The molecule has 0 amide bonds. The van der Waals surface area contributed by atoms with Gasteiger partial charge in [0, 0.05) is 0 Å². The monoisotopic (exact) mass is 211 g/mol. The number of nitrogens with two attached hydrogens (primary N) is 1. The Labute approximate surface area is 84.5 Å². The second kappa shape index (κ2) is 4.53. The molecule has 1 aromatic rings. The van der Waals surface area contributed by atoms with Gasteiger partial charge in [0.25, 0.3) is 0 Å². The summed E-state index contributed by atoms with van der Waals surface area (Å²) in [5.74, 6) is 0.699. The molecule has 1 rings (SSSR count). The Hall–Kier alpha value is -1.93. The van der Waals surface area contributed by atoms with E-state index in [4.69, 9.17) is 10.8 Å². The summed E-state index contributed by atoms with van der Waals surface area (Å²) >= 11 is 0. The molecule has 0 aliphatic heterocycles. The maximum Gasteiger partial charge on any atom is 0.341 e. The van der Waals surface area contributed by atoms with E-state index in [2.05, 4.69) is 11.8 Å². The van der Waals surface area contributed by atoms with Crippen molar-refractivity contribution in [3.8, 4) is 11.8 Å². The summed E-state index contributed by atoms with van der Waals surface area (Å²) in [5, 5.41) is 8.54. The first-order valence-electron chi connectivity index (χ1n) is 3.98.